The molecule has 1 atom stereocenters. The predicted octanol–water partition coefficient (Wildman–Crippen LogP) is 4.01. The molecule has 8 nitrogen and oxygen atoms in total. The zero-order valence-corrected chi connectivity index (χ0v) is 18.8. The van der Waals surface area contributed by atoms with Gasteiger partial charge in [0.15, 0.2) is 0 Å². The fourth-order valence-electron chi connectivity index (χ4n) is 4.39. The van der Waals surface area contributed by atoms with Crippen LogP contribution < -0.4 is 10.1 Å². The molecule has 1 aromatic carbocycles. The highest BCUT2D eigenvalue weighted by molar-refractivity contribution is 6.02. The number of carbonyl (C=O) groups excluding carboxylic acids is 4. The van der Waals surface area contributed by atoms with Gasteiger partial charge in [-0.05, 0) is 42.9 Å². The summed E-state index contributed by atoms with van der Waals surface area (Å²) < 4.78 is 10.9. The smallest absolute Gasteiger partial charge is 0.338 e. The van der Waals surface area contributed by atoms with Crippen LogP contribution in [-0.2, 0) is 19.1 Å². The van der Waals surface area contributed by atoms with E-state index in [0.29, 0.717) is 36.0 Å². The van der Waals surface area contributed by atoms with E-state index in [1.54, 1.807) is 31.2 Å². The highest BCUT2D eigenvalue weighted by atomic mass is 16.5. The van der Waals surface area contributed by atoms with Crippen LogP contribution in [0.1, 0.15) is 70.9 Å². The molecule has 8 heteroatoms. The topological polar surface area (TPSA) is 102 Å². The monoisotopic (exact) mass is 442 g/mol. The van der Waals surface area contributed by atoms with Crippen LogP contribution in [0.15, 0.2) is 35.5 Å². The van der Waals surface area contributed by atoms with E-state index < -0.39 is 29.9 Å². The maximum absolute atomic E-state index is 13.3. The van der Waals surface area contributed by atoms with Gasteiger partial charge in [0.2, 0.25) is 5.91 Å². The molecule has 0 bridgehead atoms. The van der Waals surface area contributed by atoms with Crippen molar-refractivity contribution in [3.05, 3.63) is 41.1 Å². The number of ether oxygens (including phenoxy) is 2. The van der Waals surface area contributed by atoms with Gasteiger partial charge >= 0.3 is 18.0 Å². The third-order valence-electron chi connectivity index (χ3n) is 5.84. The Balaban J connectivity index is 1.97. The van der Waals surface area contributed by atoms with Crippen molar-refractivity contribution >= 4 is 23.9 Å². The van der Waals surface area contributed by atoms with Crippen LogP contribution in [0.2, 0.25) is 0 Å². The van der Waals surface area contributed by atoms with Crippen molar-refractivity contribution in [1.82, 2.24) is 10.2 Å². The molecule has 0 saturated heterocycles. The van der Waals surface area contributed by atoms with Crippen molar-refractivity contribution in [3.63, 3.8) is 0 Å². The summed E-state index contributed by atoms with van der Waals surface area (Å²) in [7, 11) is 0. The van der Waals surface area contributed by atoms with Crippen LogP contribution in [0.4, 0.5) is 4.79 Å². The maximum Gasteiger partial charge on any atom is 0.338 e. The Hall–Kier alpha value is -3.16. The van der Waals surface area contributed by atoms with Gasteiger partial charge in [0.25, 0.3) is 0 Å². The summed E-state index contributed by atoms with van der Waals surface area (Å²) in [6.45, 7) is 4.67. The number of urea groups is 1. The summed E-state index contributed by atoms with van der Waals surface area (Å²) in [5, 5.41) is 2.74. The lowest BCUT2D eigenvalue weighted by molar-refractivity contribution is -0.141. The van der Waals surface area contributed by atoms with E-state index in [2.05, 4.69) is 5.32 Å². The lowest BCUT2D eigenvalue weighted by atomic mass is 9.90. The molecule has 3 rings (SSSR count). The Morgan fingerprint density at radius 2 is 1.84 bits per heavy atom. The van der Waals surface area contributed by atoms with Crippen LogP contribution in [-0.4, -0.2) is 35.4 Å². The van der Waals surface area contributed by atoms with E-state index in [4.69, 9.17) is 9.47 Å². The number of hydrogen-bond acceptors (Lipinski definition) is 6. The molecule has 0 aromatic heterocycles. The van der Waals surface area contributed by atoms with Crippen LogP contribution in [0.3, 0.4) is 0 Å². The molecule has 1 aromatic rings. The number of rotatable bonds is 6. The Bertz CT molecular complexity index is 932. The molecule has 1 aliphatic carbocycles. The first kappa shape index (κ1) is 23.5. The van der Waals surface area contributed by atoms with Gasteiger partial charge in [-0.1, -0.05) is 38.3 Å². The summed E-state index contributed by atoms with van der Waals surface area (Å²) in [6, 6.07) is 5.17. The second kappa shape index (κ2) is 10.4. The number of imide groups is 1. The first-order valence-corrected chi connectivity index (χ1v) is 11.1. The van der Waals surface area contributed by atoms with Gasteiger partial charge < -0.3 is 14.8 Å². The van der Waals surface area contributed by atoms with Crippen molar-refractivity contribution in [1.29, 1.82) is 0 Å². The van der Waals surface area contributed by atoms with Crippen LogP contribution >= 0.6 is 0 Å². The predicted molar refractivity (Wildman–Crippen MR) is 116 cm³/mol. The quantitative estimate of drug-likeness (QED) is 0.528. The molecule has 32 heavy (non-hydrogen) atoms. The van der Waals surface area contributed by atoms with Gasteiger partial charge in [-0.3, -0.25) is 9.59 Å². The molecular weight excluding hydrogens is 412 g/mol. The molecule has 0 radical (unpaired) electrons. The van der Waals surface area contributed by atoms with Crippen molar-refractivity contribution in [2.45, 2.75) is 65.3 Å². The van der Waals surface area contributed by atoms with Crippen molar-refractivity contribution in [3.8, 4) is 5.75 Å². The number of nitrogens with one attached hydrogen (secondary N) is 1. The largest absolute Gasteiger partial charge is 0.462 e. The molecular formula is C24H30N2O6. The number of carbonyl (C=O) groups is 4. The highest BCUT2D eigenvalue weighted by Crippen LogP contribution is 2.35. The summed E-state index contributed by atoms with van der Waals surface area (Å²) in [5.74, 6) is -0.891. The highest BCUT2D eigenvalue weighted by Gasteiger charge is 2.39. The van der Waals surface area contributed by atoms with E-state index in [0.717, 1.165) is 30.6 Å². The Labute approximate surface area is 187 Å². The molecule has 1 heterocycles. The summed E-state index contributed by atoms with van der Waals surface area (Å²) in [4.78, 5) is 50.6. The van der Waals surface area contributed by atoms with Crippen LogP contribution in [0, 0.1) is 5.92 Å². The maximum atomic E-state index is 13.3. The molecule has 3 amide bonds. The summed E-state index contributed by atoms with van der Waals surface area (Å²) >= 11 is 0. The van der Waals surface area contributed by atoms with E-state index in [-0.39, 0.29) is 5.57 Å². The normalized spacial score (nSPS) is 19.4. The Morgan fingerprint density at radius 3 is 2.47 bits per heavy atom. The van der Waals surface area contributed by atoms with Crippen molar-refractivity contribution < 1.29 is 28.7 Å². The first-order valence-electron chi connectivity index (χ1n) is 11.1. The summed E-state index contributed by atoms with van der Waals surface area (Å²) in [5.41, 5.74) is 1.09. The molecule has 1 N–H and O–H groups in total. The third-order valence-corrected chi connectivity index (χ3v) is 5.84. The minimum absolute atomic E-state index is 0.220. The molecule has 1 aliphatic heterocycles. The second-order valence-electron chi connectivity index (χ2n) is 8.22. The van der Waals surface area contributed by atoms with Gasteiger partial charge in [0.05, 0.1) is 18.2 Å². The Morgan fingerprint density at radius 1 is 1.12 bits per heavy atom. The number of nitrogens with zero attached hydrogens (tertiary/aromatic N) is 1. The van der Waals surface area contributed by atoms with E-state index >= 15 is 0 Å². The van der Waals surface area contributed by atoms with Crippen LogP contribution in [0.5, 0.6) is 5.75 Å². The number of hydrogen-bond donors (Lipinski definition) is 1. The molecule has 1 saturated carbocycles. The first-order chi connectivity index (χ1) is 15.3. The van der Waals surface area contributed by atoms with E-state index in [1.807, 2.05) is 0 Å². The zero-order valence-electron chi connectivity index (χ0n) is 18.8. The van der Waals surface area contributed by atoms with Crippen molar-refractivity contribution in [2.24, 2.45) is 5.92 Å². The number of amides is 3. The standard InChI is InChI=1S/C24H30N2O6/c1-4-20-21(23(29)31-14-17-9-6-5-7-10-17)22(25-24(30)26(20)15(2)27)18-11-8-12-19(13-18)32-16(3)28/h8,11-13,17,22H,4-7,9-10,14H2,1-3H3,(H,25,30). The van der Waals surface area contributed by atoms with Gasteiger partial charge in [0.1, 0.15) is 5.75 Å². The lowest BCUT2D eigenvalue weighted by Crippen LogP contribution is -2.50. The fourth-order valence-corrected chi connectivity index (χ4v) is 4.39. The van der Waals surface area contributed by atoms with Crippen LogP contribution in [0.25, 0.3) is 0 Å². The van der Waals surface area contributed by atoms with Gasteiger partial charge in [-0.2, -0.15) is 0 Å². The third kappa shape index (κ3) is 5.36. The molecule has 0 spiro atoms. The minimum Gasteiger partial charge on any atom is -0.462 e. The van der Waals surface area contributed by atoms with Gasteiger partial charge in [0, 0.05) is 19.5 Å². The second-order valence-corrected chi connectivity index (χ2v) is 8.22. The van der Waals surface area contributed by atoms with E-state index in [1.165, 1.54) is 20.3 Å². The molecule has 172 valence electrons. The average molecular weight is 443 g/mol. The number of allylic oxidation sites excluding steroid dienone is 1. The summed E-state index contributed by atoms with van der Waals surface area (Å²) in [6.07, 6.45) is 5.81. The fraction of sp³-hybridized carbons (Fsp3) is 0.500. The molecule has 1 fully saturated rings. The van der Waals surface area contributed by atoms with Crippen molar-refractivity contribution in [2.75, 3.05) is 6.61 Å². The number of benzene rings is 1. The van der Waals surface area contributed by atoms with Gasteiger partial charge in [-0.15, -0.1) is 0 Å². The molecule has 2 aliphatic rings. The SMILES string of the molecule is CCC1=C(C(=O)OCC2CCCCC2)C(c2cccc(OC(C)=O)c2)NC(=O)N1C(C)=O. The number of esters is 2. The van der Waals surface area contributed by atoms with E-state index in [9.17, 15) is 19.2 Å². The molecule has 1 unspecified atom stereocenters. The lowest BCUT2D eigenvalue weighted by Gasteiger charge is -2.35. The van der Waals surface area contributed by atoms with Gasteiger partial charge in [-0.25, -0.2) is 14.5 Å². The average Bonchev–Trinajstić information content (AvgIpc) is 2.76. The zero-order chi connectivity index (χ0) is 23.3. The Kier molecular flexibility index (Phi) is 7.66. The minimum atomic E-state index is -0.831.